The van der Waals surface area contributed by atoms with Gasteiger partial charge in [-0.05, 0) is 45.1 Å². The molecule has 3 aliphatic heterocycles. The molecule has 0 bridgehead atoms. The molecule has 6 heterocycles. The highest BCUT2D eigenvalue weighted by Gasteiger charge is 2.26. The Labute approximate surface area is 212 Å². The predicted molar refractivity (Wildman–Crippen MR) is 140 cm³/mol. The van der Waals surface area contributed by atoms with Crippen LogP contribution in [0.3, 0.4) is 0 Å². The van der Waals surface area contributed by atoms with E-state index in [0.717, 1.165) is 74.2 Å². The van der Waals surface area contributed by atoms with Gasteiger partial charge in [-0.1, -0.05) is 6.42 Å². The number of morpholine rings is 1. The fourth-order valence-corrected chi connectivity index (χ4v) is 7.66. The summed E-state index contributed by atoms with van der Waals surface area (Å²) in [7, 11) is -0.400. The van der Waals surface area contributed by atoms with E-state index in [2.05, 4.69) is 11.8 Å². The monoisotopic (exact) mass is 513 g/mol. The van der Waals surface area contributed by atoms with Crippen molar-refractivity contribution in [3.8, 4) is 11.4 Å². The number of rotatable bonds is 4. The number of hydrogen-bond donors (Lipinski definition) is 0. The van der Waals surface area contributed by atoms with Crippen LogP contribution in [0.5, 0.6) is 0 Å². The second kappa shape index (κ2) is 9.75. The highest BCUT2D eigenvalue weighted by atomic mass is 32.2. The van der Waals surface area contributed by atoms with Crippen molar-refractivity contribution >= 4 is 32.3 Å². The van der Waals surface area contributed by atoms with Crippen molar-refractivity contribution in [2.45, 2.75) is 57.7 Å². The summed E-state index contributed by atoms with van der Waals surface area (Å²) in [6, 6.07) is 4.15. The minimum Gasteiger partial charge on any atom is -0.377 e. The van der Waals surface area contributed by atoms with Crippen LogP contribution in [-0.4, -0.2) is 72.7 Å². The van der Waals surface area contributed by atoms with Gasteiger partial charge in [0.2, 0.25) is 0 Å². The molecule has 3 aromatic heterocycles. The van der Waals surface area contributed by atoms with Crippen molar-refractivity contribution < 1.29 is 13.7 Å². The molecule has 10 nitrogen and oxygen atoms in total. The first-order valence-corrected chi connectivity index (χ1v) is 15.0. The molecule has 0 spiro atoms. The van der Waals surface area contributed by atoms with Gasteiger partial charge in [0.25, 0.3) is 0 Å². The zero-order chi connectivity index (χ0) is 24.7. The maximum absolute atomic E-state index is 13.7. The Kier molecular flexibility index (Phi) is 6.47. The van der Waals surface area contributed by atoms with E-state index in [-0.39, 0.29) is 12.3 Å². The zero-order valence-corrected chi connectivity index (χ0v) is 22.0. The molecule has 0 saturated carbocycles. The molecule has 0 radical (unpaired) electrons. The van der Waals surface area contributed by atoms with Gasteiger partial charge in [0, 0.05) is 44.0 Å². The number of aromatic nitrogens is 5. The maximum Gasteiger partial charge on any atom is 0.150 e. The van der Waals surface area contributed by atoms with Crippen LogP contribution < -0.4 is 4.90 Å². The van der Waals surface area contributed by atoms with Gasteiger partial charge in [-0.2, -0.15) is 14.6 Å². The second-order valence-corrected chi connectivity index (χ2v) is 12.7. The van der Waals surface area contributed by atoms with E-state index in [9.17, 15) is 4.21 Å². The van der Waals surface area contributed by atoms with Crippen molar-refractivity contribution in [3.05, 3.63) is 18.3 Å². The van der Waals surface area contributed by atoms with Crippen LogP contribution >= 0.6 is 0 Å². The average Bonchev–Trinajstić information content (AvgIpc) is 3.50. The van der Waals surface area contributed by atoms with Crippen molar-refractivity contribution in [1.29, 1.82) is 0 Å². The van der Waals surface area contributed by atoms with E-state index in [0.29, 0.717) is 36.1 Å². The lowest BCUT2D eigenvalue weighted by Gasteiger charge is -2.34. The summed E-state index contributed by atoms with van der Waals surface area (Å²) in [4.78, 5) is 7.35. The minimum atomic E-state index is -2.30. The third-order valence-corrected chi connectivity index (χ3v) is 9.79. The van der Waals surface area contributed by atoms with E-state index >= 15 is 0 Å². The molecule has 2 atom stereocenters. The van der Waals surface area contributed by atoms with Crippen LogP contribution in [-0.2, 0) is 26.3 Å². The van der Waals surface area contributed by atoms with E-state index < -0.39 is 9.73 Å². The van der Waals surface area contributed by atoms with Crippen LogP contribution in [0, 0.1) is 0 Å². The molecule has 0 N–H and O–H groups in total. The summed E-state index contributed by atoms with van der Waals surface area (Å²) >= 11 is 0. The highest BCUT2D eigenvalue weighted by molar-refractivity contribution is 7.93. The SMILES string of the molecule is C[C@@H]1COCCN1c1cc(N=S2(=O)CCCCC2)c2c(n1)c(-c1ccn(C3CCCCO3)n1)nn2C. The molecular weight excluding hydrogens is 478 g/mol. The number of anilines is 1. The van der Waals surface area contributed by atoms with E-state index in [4.69, 9.17) is 29.0 Å². The molecule has 0 aromatic carbocycles. The zero-order valence-electron chi connectivity index (χ0n) is 21.1. The standard InChI is InChI=1S/C25H35N7O3S/c1-18-17-34-13-11-31(18)21-16-20(29-36(33)14-6-3-7-15-36)25-24(26-21)23(28-30(25)2)19-9-10-32(27-19)22-8-4-5-12-35-22/h9-10,16,18,22H,3-8,11-15,17H2,1-2H3/t18-,22?/m1/s1. The summed E-state index contributed by atoms with van der Waals surface area (Å²) in [5, 5.41) is 9.68. The summed E-state index contributed by atoms with van der Waals surface area (Å²) in [6.07, 6.45) is 8.15. The lowest BCUT2D eigenvalue weighted by atomic mass is 10.2. The molecule has 3 fully saturated rings. The van der Waals surface area contributed by atoms with Crippen LogP contribution in [0.15, 0.2) is 22.7 Å². The lowest BCUT2D eigenvalue weighted by Crippen LogP contribution is -2.44. The topological polar surface area (TPSA) is 99.7 Å². The van der Waals surface area contributed by atoms with Crippen molar-refractivity contribution in [3.63, 3.8) is 0 Å². The Morgan fingerprint density at radius 3 is 2.75 bits per heavy atom. The quantitative estimate of drug-likeness (QED) is 0.519. The lowest BCUT2D eigenvalue weighted by molar-refractivity contribution is -0.0393. The van der Waals surface area contributed by atoms with Crippen molar-refractivity contribution in [2.24, 2.45) is 11.4 Å². The number of nitrogens with zero attached hydrogens (tertiary/aromatic N) is 7. The van der Waals surface area contributed by atoms with Gasteiger partial charge in [0.15, 0.2) is 0 Å². The number of pyridine rings is 1. The van der Waals surface area contributed by atoms with Crippen LogP contribution in [0.1, 0.15) is 51.7 Å². The van der Waals surface area contributed by atoms with Crippen molar-refractivity contribution in [2.75, 3.05) is 42.8 Å². The summed E-state index contributed by atoms with van der Waals surface area (Å²) in [5.74, 6) is 2.12. The Balaban J connectivity index is 1.50. The minimum absolute atomic E-state index is 0.0408. The maximum atomic E-state index is 13.7. The van der Waals surface area contributed by atoms with Gasteiger partial charge in [-0.3, -0.25) is 4.68 Å². The predicted octanol–water partition coefficient (Wildman–Crippen LogP) is 4.04. The largest absolute Gasteiger partial charge is 0.377 e. The number of hydrogen-bond acceptors (Lipinski definition) is 8. The van der Waals surface area contributed by atoms with Gasteiger partial charge in [0.05, 0.1) is 29.0 Å². The average molecular weight is 514 g/mol. The van der Waals surface area contributed by atoms with Gasteiger partial charge in [-0.25, -0.2) is 13.9 Å². The summed E-state index contributed by atoms with van der Waals surface area (Å²) < 4.78 is 33.9. The van der Waals surface area contributed by atoms with E-state index in [1.807, 2.05) is 34.7 Å². The molecule has 194 valence electrons. The smallest absolute Gasteiger partial charge is 0.150 e. The Hall–Kier alpha value is -2.50. The molecule has 6 rings (SSSR count). The Morgan fingerprint density at radius 1 is 1.11 bits per heavy atom. The number of fused-ring (bicyclic) bond motifs is 1. The highest BCUT2D eigenvalue weighted by Crippen LogP contribution is 2.37. The second-order valence-electron chi connectivity index (χ2n) is 10.1. The van der Waals surface area contributed by atoms with E-state index in [1.165, 1.54) is 0 Å². The first-order chi connectivity index (χ1) is 17.5. The molecule has 0 aliphatic carbocycles. The third-order valence-electron chi connectivity index (χ3n) is 7.41. The van der Waals surface area contributed by atoms with Crippen LogP contribution in [0.2, 0.25) is 0 Å². The fraction of sp³-hybridized carbons (Fsp3) is 0.640. The molecule has 3 aliphatic rings. The first kappa shape index (κ1) is 23.9. The van der Waals surface area contributed by atoms with Gasteiger partial charge in [0.1, 0.15) is 40.2 Å². The normalized spacial score (nSPS) is 24.8. The van der Waals surface area contributed by atoms with Gasteiger partial charge < -0.3 is 14.4 Å². The molecular formula is C25H35N7O3S. The summed E-state index contributed by atoms with van der Waals surface area (Å²) in [6.45, 7) is 4.95. The molecule has 11 heteroatoms. The Morgan fingerprint density at radius 2 is 1.97 bits per heavy atom. The van der Waals surface area contributed by atoms with Crippen molar-refractivity contribution in [1.82, 2.24) is 24.5 Å². The van der Waals surface area contributed by atoms with Crippen LogP contribution in [0.4, 0.5) is 11.5 Å². The molecule has 3 aromatic rings. The first-order valence-electron chi connectivity index (χ1n) is 13.1. The molecule has 36 heavy (non-hydrogen) atoms. The van der Waals surface area contributed by atoms with Gasteiger partial charge in [-0.15, -0.1) is 0 Å². The number of aryl methyl sites for hydroxylation is 1. The molecule has 1 unspecified atom stereocenters. The fourth-order valence-electron chi connectivity index (χ4n) is 5.46. The van der Waals surface area contributed by atoms with E-state index in [1.54, 1.807) is 0 Å². The number of ether oxygens (including phenoxy) is 2. The van der Waals surface area contributed by atoms with Crippen LogP contribution in [0.25, 0.3) is 22.4 Å². The molecule has 3 saturated heterocycles. The Bertz CT molecular complexity index is 1360. The van der Waals surface area contributed by atoms with Gasteiger partial charge >= 0.3 is 0 Å². The third kappa shape index (κ3) is 4.52. The molecule has 0 amide bonds. The summed E-state index contributed by atoms with van der Waals surface area (Å²) in [5.41, 5.74) is 3.70.